The number of carbonyl (C=O) groups is 17. The molecule has 146 heavy (non-hydrogen) atoms. The Hall–Kier alpha value is -13.0. The van der Waals surface area contributed by atoms with Crippen LogP contribution in [0.1, 0.15) is 138 Å². The largest absolute Gasteiger partial charge is 0.480 e. The quantitative estimate of drug-likeness (QED) is 0.00863. The number of guanidine groups is 3. The number of hydrogen-bond donors (Lipinski definition) is 29. The monoisotopic (exact) mass is 2110 g/mol. The summed E-state index contributed by atoms with van der Waals surface area (Å²) < 4.78 is 0. The van der Waals surface area contributed by atoms with Crippen molar-refractivity contribution in [1.82, 2.24) is 100 Å². The first-order valence-corrected chi connectivity index (χ1v) is 52.8. The van der Waals surface area contributed by atoms with E-state index in [1.165, 1.54) is 33.3 Å². The van der Waals surface area contributed by atoms with E-state index in [4.69, 9.17) is 50.6 Å². The molecular formula is C96H146N28O18S4. The number of rotatable bonds is 67. The molecule has 802 valence electrons. The van der Waals surface area contributed by atoms with Crippen molar-refractivity contribution < 1.29 is 86.6 Å². The SMILES string of the molecule is CSCC[C@H](NC(=O)[C@@H]1CCCN1C(=O)[C@@H](N)Cc1ccccc1)C(=O)N[C@@H](Cc1ccccc1)C(=O)N[C@@H](CCCCN)C(=O)N[C@@H](CCCNC(=N)N)C(=O)NCC(=O)N[C@@H](CS)C(=O)N[C@@H](CS)C(=O)N[C@@H](CCCNC(=N)N)C(=O)NCC(=O)N[C@@H](CCCNC(=N)N)C(=O)N[C@@H](CCCCN)C(=O)N[C@@H](Cc1ccccc1)C(=O)N[C@@H](CCSC)C(=O)N1CCC[C@H]1C(=O)N[C@@H](Cc1ccccc1)C(=O)O. The molecule has 6 rings (SSSR count). The molecule has 33 N–H and O–H groups in total. The van der Waals surface area contributed by atoms with Gasteiger partial charge in [-0.1, -0.05) is 121 Å². The minimum atomic E-state index is -1.56. The summed E-state index contributed by atoms with van der Waals surface area (Å²) in [5.41, 5.74) is 37.6. The van der Waals surface area contributed by atoms with E-state index in [2.05, 4.69) is 116 Å². The zero-order chi connectivity index (χ0) is 107. The number of likely N-dealkylation sites (tertiary alicyclic amines) is 2. The van der Waals surface area contributed by atoms with E-state index < -0.39 is 234 Å². The average Bonchev–Trinajstić information content (AvgIpc) is 1.70. The van der Waals surface area contributed by atoms with Gasteiger partial charge in [0.1, 0.15) is 84.6 Å². The van der Waals surface area contributed by atoms with Gasteiger partial charge in [-0.2, -0.15) is 48.8 Å². The predicted molar refractivity (Wildman–Crippen MR) is 562 cm³/mol. The van der Waals surface area contributed by atoms with Crippen LogP contribution in [0, 0.1) is 16.2 Å². The lowest BCUT2D eigenvalue weighted by molar-refractivity contribution is -0.145. The van der Waals surface area contributed by atoms with Crippen molar-refractivity contribution in [2.45, 2.75) is 232 Å². The molecule has 2 fully saturated rings. The maximum Gasteiger partial charge on any atom is 0.326 e. The summed E-state index contributed by atoms with van der Waals surface area (Å²) in [6, 6.07) is 15.3. The van der Waals surface area contributed by atoms with Gasteiger partial charge in [-0.15, -0.1) is 0 Å². The van der Waals surface area contributed by atoms with Gasteiger partial charge >= 0.3 is 5.97 Å². The highest BCUT2D eigenvalue weighted by atomic mass is 32.2. The van der Waals surface area contributed by atoms with Gasteiger partial charge in [0.15, 0.2) is 17.9 Å². The lowest BCUT2D eigenvalue weighted by Crippen LogP contribution is -2.60. The molecule has 0 bridgehead atoms. The van der Waals surface area contributed by atoms with E-state index in [9.17, 15) is 86.6 Å². The smallest absolute Gasteiger partial charge is 0.326 e. The zero-order valence-electron chi connectivity index (χ0n) is 82.4. The average molecular weight is 2110 g/mol. The Morgan fingerprint density at radius 1 is 0.349 bits per heavy atom. The Bertz CT molecular complexity index is 4940. The Morgan fingerprint density at radius 2 is 0.630 bits per heavy atom. The molecular weight excluding hydrogens is 1960 g/mol. The molecule has 0 spiro atoms. The van der Waals surface area contributed by atoms with Crippen molar-refractivity contribution in [3.05, 3.63) is 144 Å². The summed E-state index contributed by atoms with van der Waals surface area (Å²) in [6.07, 6.45) is 6.15. The molecule has 4 aromatic carbocycles. The number of hydrogen-bond acceptors (Lipinski definition) is 27. The van der Waals surface area contributed by atoms with Crippen LogP contribution in [-0.2, 0) is 107 Å². The Balaban J connectivity index is 1.12. The molecule has 46 nitrogen and oxygen atoms in total. The van der Waals surface area contributed by atoms with Gasteiger partial charge in [0.05, 0.1) is 19.1 Å². The molecule has 0 aromatic heterocycles. The number of carboxylic acid groups (broad SMARTS) is 1. The Morgan fingerprint density at radius 3 is 0.986 bits per heavy atom. The van der Waals surface area contributed by atoms with Gasteiger partial charge < -0.3 is 140 Å². The minimum absolute atomic E-state index is 0.00202. The molecule has 0 unspecified atom stereocenters. The maximum atomic E-state index is 14.9. The molecule has 15 atom stereocenters. The normalized spacial score (nSPS) is 15.8. The highest BCUT2D eigenvalue weighted by Gasteiger charge is 2.43. The van der Waals surface area contributed by atoms with E-state index in [1.807, 2.05) is 36.6 Å². The molecule has 0 saturated carbocycles. The second-order valence-electron chi connectivity index (χ2n) is 35.3. The van der Waals surface area contributed by atoms with Crippen LogP contribution in [0.15, 0.2) is 121 Å². The second-order valence-corrected chi connectivity index (χ2v) is 38.0. The first kappa shape index (κ1) is 122. The Kier molecular flexibility index (Phi) is 55.7. The first-order valence-electron chi connectivity index (χ1n) is 48.8. The van der Waals surface area contributed by atoms with Gasteiger partial charge in [-0.3, -0.25) is 92.9 Å². The number of carboxylic acids is 1. The Labute approximate surface area is 869 Å². The fraction of sp³-hybridized carbons (Fsp3) is 0.542. The van der Waals surface area contributed by atoms with E-state index in [-0.39, 0.29) is 155 Å². The van der Waals surface area contributed by atoms with Crippen LogP contribution in [0.5, 0.6) is 0 Å². The van der Waals surface area contributed by atoms with E-state index in [0.29, 0.717) is 60.3 Å². The van der Waals surface area contributed by atoms with E-state index >= 15 is 0 Å². The summed E-state index contributed by atoms with van der Waals surface area (Å²) in [5.74, 6) is -15.7. The van der Waals surface area contributed by atoms with Gasteiger partial charge in [-0.05, 0) is 181 Å². The number of carbonyl (C=O) groups excluding carboxylic acids is 16. The number of aliphatic carboxylic acids is 1. The number of nitrogens with two attached hydrogens (primary N) is 6. The van der Waals surface area contributed by atoms with E-state index in [1.54, 1.807) is 97.3 Å². The zero-order valence-corrected chi connectivity index (χ0v) is 85.8. The van der Waals surface area contributed by atoms with Crippen molar-refractivity contribution in [1.29, 1.82) is 16.2 Å². The predicted octanol–water partition coefficient (Wildman–Crippen LogP) is -4.19. The standard InChI is InChI=1S/C96H146N28O18S4/c1-145-48-39-68(117-89(137)75-37-22-46-123(75)91(139)62(99)50-58-24-7-3-8-25-58)84(132)120-70(51-59-26-9-4-10-27-59)85(133)116-66(32-15-17-41-97)82(130)113-63(34-19-43-106-94(100)101)79(127)110-55-78(126)112-73(56-143)87(135)122-74(57-144)88(136)114-64(35-20-44-107-95(102)103)80(128)109-54-77(125)111-65(36-21-45-108-96(104)105)81(129)115-67(33-16-18-42-98)83(131)119-71(52-60-28-11-5-12-29-60)86(134)118-69(40-49-146-2)92(140)124-47-23-38-76(124)90(138)121-72(93(141)142)53-61-30-13-6-14-31-61/h3-14,24-31,62-76,143-144H,15-23,32-57,97-99H2,1-2H3,(H,109,128)(H,110,127)(H,111,125)(H,112,126)(H,113,130)(H,114,136)(H,115,129)(H,116,133)(H,117,137)(H,118,134)(H,119,131)(H,120,132)(H,121,138)(H,122,135)(H,141,142)(H4,100,101,106)(H4,102,103,107)(H4,104,105,108)/t62-,63-,64-,65-,66-,67-,68-,69-,70-,71-,72-,73-,74-,75-,76-/m0/s1. The molecule has 50 heteroatoms. The van der Waals surface area contributed by atoms with Gasteiger partial charge in [-0.25, -0.2) is 4.79 Å². The van der Waals surface area contributed by atoms with Crippen LogP contribution in [0.2, 0.25) is 0 Å². The van der Waals surface area contributed by atoms with Gasteiger partial charge in [0.2, 0.25) is 94.5 Å². The third kappa shape index (κ3) is 44.1. The molecule has 2 heterocycles. The third-order valence-corrected chi connectivity index (χ3v) is 26.0. The van der Waals surface area contributed by atoms with Crippen molar-refractivity contribution in [3.8, 4) is 0 Å². The maximum absolute atomic E-state index is 14.9. The van der Waals surface area contributed by atoms with E-state index in [0.717, 1.165) is 5.56 Å². The lowest BCUT2D eigenvalue weighted by Gasteiger charge is -2.31. The van der Waals surface area contributed by atoms with Crippen LogP contribution in [0.4, 0.5) is 0 Å². The van der Waals surface area contributed by atoms with Crippen LogP contribution in [0.3, 0.4) is 0 Å². The molecule has 2 saturated heterocycles. The summed E-state index contributed by atoms with van der Waals surface area (Å²) >= 11 is 11.4. The molecule has 2 aliphatic rings. The topological polar surface area (TPSA) is 749 Å². The number of benzene rings is 4. The highest BCUT2D eigenvalue weighted by molar-refractivity contribution is 7.98. The number of nitrogens with one attached hydrogen (secondary N) is 20. The third-order valence-electron chi connectivity index (χ3n) is 24.0. The highest BCUT2D eigenvalue weighted by Crippen LogP contribution is 2.24. The molecule has 2 aliphatic heterocycles. The van der Waals surface area contributed by atoms with Crippen LogP contribution >= 0.6 is 48.8 Å². The first-order chi connectivity index (χ1) is 70.0. The molecule has 4 aromatic rings. The van der Waals surface area contributed by atoms with Crippen molar-refractivity contribution in [3.63, 3.8) is 0 Å². The second kappa shape index (κ2) is 66.9. The van der Waals surface area contributed by atoms with Gasteiger partial charge in [0.25, 0.3) is 0 Å². The lowest BCUT2D eigenvalue weighted by atomic mass is 10.0. The molecule has 0 aliphatic carbocycles. The van der Waals surface area contributed by atoms with Crippen molar-refractivity contribution >= 4 is 167 Å². The molecule has 16 amide bonds. The van der Waals surface area contributed by atoms with Crippen molar-refractivity contribution in [2.75, 3.05) is 94.4 Å². The van der Waals surface area contributed by atoms with Crippen LogP contribution < -0.4 is 125 Å². The molecule has 0 radical (unpaired) electrons. The van der Waals surface area contributed by atoms with Crippen LogP contribution in [0.25, 0.3) is 0 Å². The number of unbranched alkanes of at least 4 members (excludes halogenated alkanes) is 2. The fourth-order valence-corrected chi connectivity index (χ4v) is 17.7. The summed E-state index contributed by atoms with van der Waals surface area (Å²) in [5, 5.41) is 78.0. The minimum Gasteiger partial charge on any atom is -0.480 e. The fourth-order valence-electron chi connectivity index (χ4n) is 16.2. The number of amides is 16. The summed E-state index contributed by atoms with van der Waals surface area (Å²) in [6.45, 7) is -0.852. The van der Waals surface area contributed by atoms with Crippen LogP contribution in [-0.4, -0.2) is 318 Å². The van der Waals surface area contributed by atoms with Gasteiger partial charge in [0, 0.05) is 63.5 Å². The number of thiol groups is 2. The number of thioether (sulfide) groups is 2. The summed E-state index contributed by atoms with van der Waals surface area (Å²) in [4.78, 5) is 245. The van der Waals surface area contributed by atoms with Crippen molar-refractivity contribution in [2.24, 2.45) is 34.4 Å². The summed E-state index contributed by atoms with van der Waals surface area (Å²) in [7, 11) is 0. The number of nitrogens with zero attached hydrogens (tertiary/aromatic N) is 2.